The minimum Gasteiger partial charge on any atom is -0.459 e. The number of rotatable bonds is 9. The van der Waals surface area contributed by atoms with Gasteiger partial charge in [-0.25, -0.2) is 4.79 Å². The van der Waals surface area contributed by atoms with Crippen molar-refractivity contribution >= 4 is 34.6 Å². The van der Waals surface area contributed by atoms with E-state index in [0.717, 1.165) is 24.8 Å². The van der Waals surface area contributed by atoms with E-state index in [4.69, 9.17) is 4.74 Å². The van der Waals surface area contributed by atoms with Crippen LogP contribution in [-0.4, -0.2) is 54.3 Å². The lowest BCUT2D eigenvalue weighted by Gasteiger charge is -2.38. The predicted molar refractivity (Wildman–Crippen MR) is 141 cm³/mol. The van der Waals surface area contributed by atoms with E-state index in [2.05, 4.69) is 19.4 Å². The maximum Gasteiger partial charge on any atom is 0.349 e. The lowest BCUT2D eigenvalue weighted by Crippen LogP contribution is -2.56. The number of likely N-dealkylation sites (N-methyl/N-ethyl adjacent to an activating group) is 1. The van der Waals surface area contributed by atoms with Gasteiger partial charge in [0.1, 0.15) is 6.10 Å². The normalized spacial score (nSPS) is 23.5. The first-order chi connectivity index (χ1) is 17.3. The number of aliphatic hydroxyl groups is 1. The van der Waals surface area contributed by atoms with Gasteiger partial charge >= 0.3 is 5.97 Å². The molecule has 36 heavy (non-hydrogen) atoms. The van der Waals surface area contributed by atoms with E-state index in [0.29, 0.717) is 33.2 Å². The summed E-state index contributed by atoms with van der Waals surface area (Å²) >= 11 is 2.71. The quantitative estimate of drug-likeness (QED) is 0.325. The smallest absolute Gasteiger partial charge is 0.349 e. The lowest BCUT2D eigenvalue weighted by molar-refractivity contribution is -0.912. The third kappa shape index (κ3) is 4.75. The molecule has 2 saturated carbocycles. The molecule has 5 rings (SSSR count). The van der Waals surface area contributed by atoms with Gasteiger partial charge in [-0.15, -0.1) is 22.7 Å². The molecule has 3 aromatic rings. The molecule has 4 atom stereocenters. The molecule has 2 bridgehead atoms. The molecular formula is C28H33N2O4S2+. The minimum atomic E-state index is -1.79. The summed E-state index contributed by atoms with van der Waals surface area (Å²) in [5.74, 6) is -0.0174. The maximum absolute atomic E-state index is 13.5. The van der Waals surface area contributed by atoms with Crippen molar-refractivity contribution in [3.63, 3.8) is 0 Å². The number of hydrogen-bond acceptors (Lipinski definition) is 6. The SMILES string of the molecule is C[N+](C)(CC(=O)NCc1ccccc1)C1C2CCC1C(OC(=O)C(O)(c1cccs1)c1cccs1)C2. The molecule has 4 unspecified atom stereocenters. The number of amides is 1. The van der Waals surface area contributed by atoms with Crippen molar-refractivity contribution in [1.82, 2.24) is 5.32 Å². The third-order valence-electron chi connectivity index (χ3n) is 7.81. The van der Waals surface area contributed by atoms with Gasteiger partial charge < -0.3 is 19.6 Å². The first-order valence-corrected chi connectivity index (χ1v) is 14.2. The Morgan fingerprint density at radius 3 is 2.31 bits per heavy atom. The summed E-state index contributed by atoms with van der Waals surface area (Å²) in [5, 5.41) is 18.4. The molecule has 0 aliphatic heterocycles. The van der Waals surface area contributed by atoms with Crippen molar-refractivity contribution in [1.29, 1.82) is 0 Å². The van der Waals surface area contributed by atoms with Gasteiger partial charge in [0.25, 0.3) is 5.91 Å². The van der Waals surface area contributed by atoms with E-state index in [9.17, 15) is 14.7 Å². The predicted octanol–water partition coefficient (Wildman–Crippen LogP) is 4.15. The molecule has 6 nitrogen and oxygen atoms in total. The number of benzene rings is 1. The Labute approximate surface area is 220 Å². The van der Waals surface area contributed by atoms with Gasteiger partial charge in [-0.1, -0.05) is 42.5 Å². The molecule has 2 heterocycles. The van der Waals surface area contributed by atoms with Gasteiger partial charge in [0.15, 0.2) is 6.54 Å². The van der Waals surface area contributed by atoms with Crippen LogP contribution in [0.4, 0.5) is 0 Å². The summed E-state index contributed by atoms with van der Waals surface area (Å²) in [6.07, 6.45) is 2.57. The maximum atomic E-state index is 13.5. The van der Waals surface area contributed by atoms with Gasteiger partial charge in [-0.05, 0) is 47.7 Å². The second-order valence-electron chi connectivity index (χ2n) is 10.5. The first-order valence-electron chi connectivity index (χ1n) is 12.4. The largest absolute Gasteiger partial charge is 0.459 e. The Bertz CT molecular complexity index is 1140. The number of fused-ring (bicyclic) bond motifs is 2. The number of carbonyl (C=O) groups excluding carboxylic acids is 2. The number of nitrogens with zero attached hydrogens (tertiary/aromatic N) is 1. The molecule has 0 radical (unpaired) electrons. The average Bonchev–Trinajstić information content (AvgIpc) is 3.66. The molecule has 2 aliphatic carbocycles. The van der Waals surface area contributed by atoms with Crippen LogP contribution in [0.2, 0.25) is 0 Å². The fourth-order valence-corrected chi connectivity index (χ4v) is 8.01. The van der Waals surface area contributed by atoms with E-state index < -0.39 is 11.6 Å². The number of carbonyl (C=O) groups is 2. The highest BCUT2D eigenvalue weighted by molar-refractivity contribution is 7.12. The van der Waals surface area contributed by atoms with Crippen molar-refractivity contribution < 1.29 is 23.9 Å². The molecule has 1 amide bonds. The highest BCUT2D eigenvalue weighted by Gasteiger charge is 2.58. The summed E-state index contributed by atoms with van der Waals surface area (Å²) in [6.45, 7) is 0.890. The van der Waals surface area contributed by atoms with Crippen LogP contribution in [0.25, 0.3) is 0 Å². The molecule has 2 fully saturated rings. The van der Waals surface area contributed by atoms with Crippen LogP contribution in [0.3, 0.4) is 0 Å². The zero-order valence-corrected chi connectivity index (χ0v) is 22.3. The number of ether oxygens (including phenoxy) is 1. The van der Waals surface area contributed by atoms with Crippen LogP contribution in [0.1, 0.15) is 34.6 Å². The highest BCUT2D eigenvalue weighted by Crippen LogP contribution is 2.51. The van der Waals surface area contributed by atoms with E-state index >= 15 is 0 Å². The first kappa shape index (κ1) is 25.1. The molecule has 1 aromatic carbocycles. The molecule has 2 N–H and O–H groups in total. The molecule has 2 aromatic heterocycles. The number of esters is 1. The molecule has 2 aliphatic rings. The standard InChI is InChI=1S/C28H32N2O4S2/c1-30(2,18-25(31)29-17-19-8-4-3-5-9-19)26-20-12-13-21(26)22(16-20)34-27(32)28(33,23-10-6-14-35-23)24-11-7-15-36-24/h3-11,14-15,20-22,26,33H,12-13,16-18H2,1-2H3/p+1. The van der Waals surface area contributed by atoms with Gasteiger partial charge in [-0.2, -0.15) is 0 Å². The molecule has 0 spiro atoms. The zero-order valence-electron chi connectivity index (χ0n) is 20.6. The highest BCUT2D eigenvalue weighted by atomic mass is 32.1. The van der Waals surface area contributed by atoms with E-state index in [1.165, 1.54) is 22.7 Å². The van der Waals surface area contributed by atoms with Crippen LogP contribution < -0.4 is 5.32 Å². The number of nitrogens with one attached hydrogen (secondary N) is 1. The van der Waals surface area contributed by atoms with Crippen molar-refractivity contribution in [3.05, 3.63) is 80.7 Å². The van der Waals surface area contributed by atoms with Crippen LogP contribution >= 0.6 is 22.7 Å². The van der Waals surface area contributed by atoms with E-state index in [-0.39, 0.29) is 24.0 Å². The Hall–Kier alpha value is -2.52. The second kappa shape index (κ2) is 10.1. The number of thiophene rings is 2. The summed E-state index contributed by atoms with van der Waals surface area (Å²) in [7, 11) is 4.21. The Morgan fingerprint density at radius 1 is 1.03 bits per heavy atom. The molecule has 0 saturated heterocycles. The summed E-state index contributed by atoms with van der Waals surface area (Å²) in [6, 6.07) is 17.4. The second-order valence-corrected chi connectivity index (χ2v) is 12.4. The fourth-order valence-electron chi connectivity index (χ4n) is 6.30. The van der Waals surface area contributed by atoms with Gasteiger partial charge in [-0.3, -0.25) is 4.79 Å². The van der Waals surface area contributed by atoms with Gasteiger partial charge in [0.05, 0.1) is 29.9 Å². The topological polar surface area (TPSA) is 75.6 Å². The van der Waals surface area contributed by atoms with Crippen molar-refractivity contribution in [3.8, 4) is 0 Å². The monoisotopic (exact) mass is 525 g/mol. The van der Waals surface area contributed by atoms with Crippen LogP contribution in [0, 0.1) is 11.8 Å². The minimum absolute atomic E-state index is 0.0217. The Balaban J connectivity index is 1.26. The Morgan fingerprint density at radius 2 is 1.69 bits per heavy atom. The van der Waals surface area contributed by atoms with Crippen molar-refractivity contribution in [2.24, 2.45) is 11.8 Å². The van der Waals surface area contributed by atoms with Crippen LogP contribution in [0.15, 0.2) is 65.4 Å². The summed E-state index contributed by atoms with van der Waals surface area (Å²) in [4.78, 5) is 27.5. The van der Waals surface area contributed by atoms with Crippen molar-refractivity contribution in [2.45, 2.75) is 43.6 Å². The Kier molecular flexibility index (Phi) is 7.05. The van der Waals surface area contributed by atoms with Gasteiger partial charge in [0, 0.05) is 18.4 Å². The van der Waals surface area contributed by atoms with Crippen LogP contribution in [-0.2, 0) is 26.5 Å². The van der Waals surface area contributed by atoms with Gasteiger partial charge in [0.2, 0.25) is 5.60 Å². The van der Waals surface area contributed by atoms with Crippen molar-refractivity contribution in [2.75, 3.05) is 20.6 Å². The lowest BCUT2D eigenvalue weighted by atomic mass is 9.96. The van der Waals surface area contributed by atoms with Crippen LogP contribution in [0.5, 0.6) is 0 Å². The average molecular weight is 526 g/mol. The zero-order chi connectivity index (χ0) is 25.3. The number of quaternary nitrogens is 1. The summed E-state index contributed by atoms with van der Waals surface area (Å²) < 4.78 is 6.67. The number of hydrogen-bond donors (Lipinski definition) is 2. The third-order valence-corrected chi connectivity index (χ3v) is 9.76. The molecule has 8 heteroatoms. The summed E-state index contributed by atoms with van der Waals surface area (Å²) in [5.41, 5.74) is -0.713. The fraction of sp³-hybridized carbons (Fsp3) is 0.429. The molecule has 190 valence electrons. The molecular weight excluding hydrogens is 492 g/mol. The van der Waals surface area contributed by atoms with E-state index in [1.54, 1.807) is 12.1 Å². The van der Waals surface area contributed by atoms with E-state index in [1.807, 2.05) is 53.2 Å².